The molecule has 1 spiro atoms. The lowest BCUT2D eigenvalue weighted by Gasteiger charge is -2.55. The second-order valence-corrected chi connectivity index (χ2v) is 7.38. The summed E-state index contributed by atoms with van der Waals surface area (Å²) in [4.78, 5) is 0. The summed E-state index contributed by atoms with van der Waals surface area (Å²) in [5.74, 6) is 0. The van der Waals surface area contributed by atoms with Crippen molar-refractivity contribution in [2.45, 2.75) is 102 Å². The first-order valence-electron chi connectivity index (χ1n) is 9.23. The Bertz CT molecular complexity index is 290. The van der Waals surface area contributed by atoms with E-state index >= 15 is 0 Å². The number of rotatable bonds is 4. The highest BCUT2D eigenvalue weighted by Gasteiger charge is 2.56. The molecule has 2 unspecified atom stereocenters. The number of hydrogen-bond donors (Lipinski definition) is 1. The van der Waals surface area contributed by atoms with Crippen molar-refractivity contribution in [2.24, 2.45) is 5.41 Å². The first kappa shape index (κ1) is 14.8. The minimum atomic E-state index is 0.512. The Morgan fingerprint density at radius 3 is 2.25 bits per heavy atom. The summed E-state index contributed by atoms with van der Waals surface area (Å²) in [6.45, 7) is 3.04. The van der Waals surface area contributed by atoms with Gasteiger partial charge in [0, 0.05) is 24.1 Å². The van der Waals surface area contributed by atoms with Gasteiger partial charge >= 0.3 is 0 Å². The fourth-order valence-electron chi connectivity index (χ4n) is 5.03. The van der Waals surface area contributed by atoms with Crippen LogP contribution in [0, 0.1) is 5.41 Å². The highest BCUT2D eigenvalue weighted by molar-refractivity contribution is 5.10. The molecule has 3 fully saturated rings. The van der Waals surface area contributed by atoms with Crippen molar-refractivity contribution < 1.29 is 4.74 Å². The molecule has 3 saturated carbocycles. The summed E-state index contributed by atoms with van der Waals surface area (Å²) in [5.41, 5.74) is 0.512. The first-order chi connectivity index (χ1) is 9.85. The number of nitrogens with one attached hydrogen (secondary N) is 1. The summed E-state index contributed by atoms with van der Waals surface area (Å²) in [7, 11) is 0. The van der Waals surface area contributed by atoms with Gasteiger partial charge in [0.25, 0.3) is 0 Å². The van der Waals surface area contributed by atoms with Crippen LogP contribution in [0.2, 0.25) is 0 Å². The van der Waals surface area contributed by atoms with Crippen molar-refractivity contribution in [1.82, 2.24) is 5.32 Å². The molecule has 20 heavy (non-hydrogen) atoms. The molecule has 116 valence electrons. The van der Waals surface area contributed by atoms with E-state index in [-0.39, 0.29) is 0 Å². The molecule has 0 saturated heterocycles. The van der Waals surface area contributed by atoms with Gasteiger partial charge in [0.2, 0.25) is 0 Å². The minimum Gasteiger partial charge on any atom is -0.378 e. The molecular weight excluding hydrogens is 246 g/mol. The van der Waals surface area contributed by atoms with Gasteiger partial charge in [0.15, 0.2) is 0 Å². The van der Waals surface area contributed by atoms with E-state index in [4.69, 9.17) is 4.74 Å². The number of ether oxygens (including phenoxy) is 1. The molecule has 0 heterocycles. The maximum Gasteiger partial charge on any atom is 0.0661 e. The molecule has 0 aromatic heterocycles. The molecule has 2 atom stereocenters. The Morgan fingerprint density at radius 2 is 1.60 bits per heavy atom. The van der Waals surface area contributed by atoms with E-state index < -0.39 is 0 Å². The van der Waals surface area contributed by atoms with Crippen LogP contribution in [-0.4, -0.2) is 24.8 Å². The van der Waals surface area contributed by atoms with E-state index in [0.29, 0.717) is 11.5 Å². The summed E-state index contributed by atoms with van der Waals surface area (Å²) >= 11 is 0. The Morgan fingerprint density at radius 1 is 0.950 bits per heavy atom. The van der Waals surface area contributed by atoms with Crippen LogP contribution in [0.4, 0.5) is 0 Å². The van der Waals surface area contributed by atoms with Gasteiger partial charge in [0.1, 0.15) is 0 Å². The molecule has 0 aliphatic heterocycles. The summed E-state index contributed by atoms with van der Waals surface area (Å²) in [6.07, 6.45) is 17.5. The Balaban J connectivity index is 1.56. The van der Waals surface area contributed by atoms with Crippen LogP contribution >= 0.6 is 0 Å². The molecule has 1 N–H and O–H groups in total. The summed E-state index contributed by atoms with van der Waals surface area (Å²) < 4.78 is 6.04. The molecule has 2 nitrogen and oxygen atoms in total. The van der Waals surface area contributed by atoms with Crippen LogP contribution in [-0.2, 0) is 4.74 Å². The van der Waals surface area contributed by atoms with Crippen LogP contribution in [0.1, 0.15) is 84.0 Å². The van der Waals surface area contributed by atoms with Crippen LogP contribution in [0.5, 0.6) is 0 Å². The molecule has 0 amide bonds. The first-order valence-corrected chi connectivity index (χ1v) is 9.23. The smallest absolute Gasteiger partial charge is 0.0661 e. The Hall–Kier alpha value is -0.0800. The SMILES string of the molecule is CCOC1CC(NC2CCCCCCC2)C12CCCC2. The lowest BCUT2D eigenvalue weighted by atomic mass is 9.60. The standard InChI is InChI=1S/C18H33NO/c1-2-20-17-14-16(18(17)12-8-9-13-18)19-15-10-6-4-3-5-7-11-15/h15-17,19H,2-14H2,1H3. The summed E-state index contributed by atoms with van der Waals surface area (Å²) in [6, 6.07) is 1.55. The second-order valence-electron chi connectivity index (χ2n) is 7.38. The highest BCUT2D eigenvalue weighted by atomic mass is 16.5. The van der Waals surface area contributed by atoms with Gasteiger partial charge in [-0.3, -0.25) is 0 Å². The van der Waals surface area contributed by atoms with E-state index in [1.165, 1.54) is 77.0 Å². The molecule has 0 radical (unpaired) electrons. The van der Waals surface area contributed by atoms with E-state index in [1.54, 1.807) is 0 Å². The largest absolute Gasteiger partial charge is 0.378 e. The van der Waals surface area contributed by atoms with Crippen molar-refractivity contribution in [3.63, 3.8) is 0 Å². The van der Waals surface area contributed by atoms with E-state index in [1.807, 2.05) is 0 Å². The van der Waals surface area contributed by atoms with Gasteiger partial charge < -0.3 is 10.1 Å². The van der Waals surface area contributed by atoms with Crippen molar-refractivity contribution in [3.8, 4) is 0 Å². The average Bonchev–Trinajstić information content (AvgIpc) is 2.92. The monoisotopic (exact) mass is 279 g/mol. The molecule has 3 aliphatic carbocycles. The molecular formula is C18H33NO. The zero-order valence-corrected chi connectivity index (χ0v) is 13.3. The topological polar surface area (TPSA) is 21.3 Å². The maximum absolute atomic E-state index is 6.04. The number of hydrogen-bond acceptors (Lipinski definition) is 2. The van der Waals surface area contributed by atoms with E-state index in [9.17, 15) is 0 Å². The van der Waals surface area contributed by atoms with Crippen LogP contribution < -0.4 is 5.32 Å². The predicted molar refractivity (Wildman–Crippen MR) is 84.0 cm³/mol. The molecule has 3 aliphatic rings. The third-order valence-electron chi connectivity index (χ3n) is 6.23. The molecule has 0 bridgehead atoms. The second kappa shape index (κ2) is 6.79. The fourth-order valence-corrected chi connectivity index (χ4v) is 5.03. The van der Waals surface area contributed by atoms with Gasteiger partial charge in [-0.15, -0.1) is 0 Å². The van der Waals surface area contributed by atoms with Crippen molar-refractivity contribution in [1.29, 1.82) is 0 Å². The van der Waals surface area contributed by atoms with Crippen LogP contribution in [0.3, 0.4) is 0 Å². The van der Waals surface area contributed by atoms with Crippen LogP contribution in [0.25, 0.3) is 0 Å². The zero-order chi connectivity index (χ0) is 13.8. The maximum atomic E-state index is 6.04. The van der Waals surface area contributed by atoms with Gasteiger partial charge in [-0.1, -0.05) is 44.9 Å². The van der Waals surface area contributed by atoms with Crippen molar-refractivity contribution >= 4 is 0 Å². The Kier molecular flexibility index (Phi) is 5.04. The third-order valence-corrected chi connectivity index (χ3v) is 6.23. The average molecular weight is 279 g/mol. The molecule has 0 aromatic carbocycles. The lowest BCUT2D eigenvalue weighted by Crippen LogP contribution is -2.64. The van der Waals surface area contributed by atoms with Gasteiger partial charge in [-0.05, 0) is 39.0 Å². The van der Waals surface area contributed by atoms with Gasteiger partial charge in [0.05, 0.1) is 6.10 Å². The zero-order valence-electron chi connectivity index (χ0n) is 13.3. The fraction of sp³-hybridized carbons (Fsp3) is 1.00. The quantitative estimate of drug-likeness (QED) is 0.822. The van der Waals surface area contributed by atoms with Crippen molar-refractivity contribution in [2.75, 3.05) is 6.61 Å². The van der Waals surface area contributed by atoms with Gasteiger partial charge in [-0.25, -0.2) is 0 Å². The van der Waals surface area contributed by atoms with Crippen LogP contribution in [0.15, 0.2) is 0 Å². The third kappa shape index (κ3) is 2.92. The van der Waals surface area contributed by atoms with E-state index in [2.05, 4.69) is 12.2 Å². The van der Waals surface area contributed by atoms with E-state index in [0.717, 1.165) is 18.7 Å². The minimum absolute atomic E-state index is 0.512. The summed E-state index contributed by atoms with van der Waals surface area (Å²) in [5, 5.41) is 4.06. The predicted octanol–water partition coefficient (Wildman–Crippen LogP) is 4.43. The normalized spacial score (nSPS) is 34.6. The lowest BCUT2D eigenvalue weighted by molar-refractivity contribution is -0.133. The Labute approximate surface area is 125 Å². The molecule has 3 rings (SSSR count). The van der Waals surface area contributed by atoms with Crippen molar-refractivity contribution in [3.05, 3.63) is 0 Å². The molecule has 2 heteroatoms. The van der Waals surface area contributed by atoms with Gasteiger partial charge in [-0.2, -0.15) is 0 Å². The highest BCUT2D eigenvalue weighted by Crippen LogP contribution is 2.55. The molecule has 0 aromatic rings.